The maximum atomic E-state index is 4.49. The van der Waals surface area contributed by atoms with E-state index in [0.717, 1.165) is 17.3 Å². The van der Waals surface area contributed by atoms with Crippen LogP contribution in [0.25, 0.3) is 0 Å². The quantitative estimate of drug-likeness (QED) is 0.923. The minimum atomic E-state index is 0.110. The highest BCUT2D eigenvalue weighted by atomic mass is 14.9. The fourth-order valence-electron chi connectivity index (χ4n) is 2.74. The van der Waals surface area contributed by atoms with E-state index in [9.17, 15) is 0 Å². The number of hydrogen-bond donors (Lipinski definition) is 1. The molecule has 3 rings (SSSR count). The van der Waals surface area contributed by atoms with Gasteiger partial charge in [0.1, 0.15) is 0 Å². The average Bonchev–Trinajstić information content (AvgIpc) is 2.42. The van der Waals surface area contributed by atoms with E-state index in [-0.39, 0.29) is 6.04 Å². The lowest BCUT2D eigenvalue weighted by molar-refractivity contribution is 0.419. The molecule has 1 aromatic heterocycles. The molecule has 3 heteroatoms. The maximum absolute atomic E-state index is 4.49. The van der Waals surface area contributed by atoms with E-state index >= 15 is 0 Å². The normalized spacial score (nSPS) is 16.7. The summed E-state index contributed by atoms with van der Waals surface area (Å²) in [6, 6.07) is 9.08. The minimum Gasteiger partial charge on any atom is -0.308 e. The molecule has 1 aromatic carbocycles. The first-order valence-electron chi connectivity index (χ1n) is 7.33. The third kappa shape index (κ3) is 2.59. The van der Waals surface area contributed by atoms with Crippen molar-refractivity contribution in [1.82, 2.24) is 15.3 Å². The average molecular weight is 267 g/mol. The Morgan fingerprint density at radius 3 is 2.35 bits per heavy atom. The second-order valence-electron chi connectivity index (χ2n) is 5.60. The molecule has 20 heavy (non-hydrogen) atoms. The lowest BCUT2D eigenvalue weighted by atomic mass is 9.80. The van der Waals surface area contributed by atoms with Crippen LogP contribution in [-0.2, 0) is 0 Å². The fourth-order valence-corrected chi connectivity index (χ4v) is 2.74. The standard InChI is InChI=1S/C17H21N3/c1-12-10-20-16(11-19-12)17(18-2)15-8-6-14(7-9-15)13-4-3-5-13/h6-11,13,17-18H,3-5H2,1-2H3. The summed E-state index contributed by atoms with van der Waals surface area (Å²) in [5, 5.41) is 3.33. The Morgan fingerprint density at radius 2 is 1.85 bits per heavy atom. The van der Waals surface area contributed by atoms with Gasteiger partial charge in [0.25, 0.3) is 0 Å². The molecule has 1 N–H and O–H groups in total. The van der Waals surface area contributed by atoms with Crippen molar-refractivity contribution >= 4 is 0 Å². The van der Waals surface area contributed by atoms with Crippen LogP contribution in [0.3, 0.4) is 0 Å². The Labute approximate surface area is 120 Å². The molecule has 104 valence electrons. The number of benzene rings is 1. The van der Waals surface area contributed by atoms with Crippen LogP contribution in [0.15, 0.2) is 36.7 Å². The van der Waals surface area contributed by atoms with Gasteiger partial charge in [0.15, 0.2) is 0 Å². The molecule has 0 saturated heterocycles. The van der Waals surface area contributed by atoms with E-state index in [4.69, 9.17) is 0 Å². The number of hydrogen-bond acceptors (Lipinski definition) is 3. The Bertz CT molecular complexity index is 556. The van der Waals surface area contributed by atoms with Gasteiger partial charge in [-0.15, -0.1) is 0 Å². The molecule has 1 fully saturated rings. The second kappa shape index (κ2) is 5.71. The van der Waals surface area contributed by atoms with Crippen LogP contribution in [0, 0.1) is 6.92 Å². The smallest absolute Gasteiger partial charge is 0.0801 e. The zero-order valence-corrected chi connectivity index (χ0v) is 12.1. The van der Waals surface area contributed by atoms with Crippen molar-refractivity contribution in [2.24, 2.45) is 0 Å². The molecule has 0 aliphatic heterocycles. The van der Waals surface area contributed by atoms with Crippen LogP contribution >= 0.6 is 0 Å². The predicted molar refractivity (Wildman–Crippen MR) is 80.7 cm³/mol. The highest BCUT2D eigenvalue weighted by molar-refractivity contribution is 5.32. The van der Waals surface area contributed by atoms with E-state index in [1.54, 1.807) is 0 Å². The van der Waals surface area contributed by atoms with E-state index < -0.39 is 0 Å². The van der Waals surface area contributed by atoms with Gasteiger partial charge in [-0.3, -0.25) is 9.97 Å². The first kappa shape index (κ1) is 13.3. The predicted octanol–water partition coefficient (Wildman–Crippen LogP) is 3.36. The Morgan fingerprint density at radius 1 is 1.10 bits per heavy atom. The van der Waals surface area contributed by atoms with Gasteiger partial charge in [0.05, 0.1) is 23.6 Å². The lowest BCUT2D eigenvalue weighted by Gasteiger charge is -2.26. The summed E-state index contributed by atoms with van der Waals surface area (Å²) in [6.45, 7) is 1.96. The lowest BCUT2D eigenvalue weighted by Crippen LogP contribution is -2.19. The second-order valence-corrected chi connectivity index (χ2v) is 5.60. The molecule has 1 aliphatic rings. The van der Waals surface area contributed by atoms with Crippen molar-refractivity contribution < 1.29 is 0 Å². The van der Waals surface area contributed by atoms with E-state index in [1.165, 1.54) is 30.4 Å². The van der Waals surface area contributed by atoms with Crippen molar-refractivity contribution in [1.29, 1.82) is 0 Å². The van der Waals surface area contributed by atoms with Crippen molar-refractivity contribution in [2.45, 2.75) is 38.1 Å². The molecular formula is C17H21N3. The Balaban J connectivity index is 1.83. The summed E-state index contributed by atoms with van der Waals surface area (Å²) in [6.07, 6.45) is 7.75. The van der Waals surface area contributed by atoms with Crippen molar-refractivity contribution in [3.05, 3.63) is 59.2 Å². The van der Waals surface area contributed by atoms with Gasteiger partial charge >= 0.3 is 0 Å². The molecule has 1 aliphatic carbocycles. The molecular weight excluding hydrogens is 246 g/mol. The van der Waals surface area contributed by atoms with Gasteiger partial charge in [-0.2, -0.15) is 0 Å². The van der Waals surface area contributed by atoms with Crippen molar-refractivity contribution in [3.63, 3.8) is 0 Å². The molecule has 1 unspecified atom stereocenters. The van der Waals surface area contributed by atoms with Gasteiger partial charge in [-0.25, -0.2) is 0 Å². The molecule has 1 saturated carbocycles. The molecule has 0 radical (unpaired) electrons. The summed E-state index contributed by atoms with van der Waals surface area (Å²) in [4.78, 5) is 8.82. The topological polar surface area (TPSA) is 37.8 Å². The van der Waals surface area contributed by atoms with Crippen molar-refractivity contribution in [2.75, 3.05) is 7.05 Å². The summed E-state index contributed by atoms with van der Waals surface area (Å²) >= 11 is 0. The van der Waals surface area contributed by atoms with Gasteiger partial charge in [0, 0.05) is 6.20 Å². The zero-order chi connectivity index (χ0) is 13.9. The van der Waals surface area contributed by atoms with Crippen LogP contribution in [0.2, 0.25) is 0 Å². The van der Waals surface area contributed by atoms with Gasteiger partial charge in [-0.1, -0.05) is 30.7 Å². The molecule has 0 bridgehead atoms. The first-order valence-corrected chi connectivity index (χ1v) is 7.33. The Hall–Kier alpha value is -1.74. The number of aromatic nitrogens is 2. The fraction of sp³-hybridized carbons (Fsp3) is 0.412. The Kier molecular flexibility index (Phi) is 3.79. The highest BCUT2D eigenvalue weighted by Gasteiger charge is 2.20. The third-order valence-electron chi connectivity index (χ3n) is 4.23. The van der Waals surface area contributed by atoms with Crippen molar-refractivity contribution in [3.8, 4) is 0 Å². The minimum absolute atomic E-state index is 0.110. The SMILES string of the molecule is CNC(c1ccc(C2CCC2)cc1)c1cnc(C)cn1. The molecule has 1 atom stereocenters. The monoisotopic (exact) mass is 267 g/mol. The van der Waals surface area contributed by atoms with Crippen LogP contribution in [-0.4, -0.2) is 17.0 Å². The number of rotatable bonds is 4. The summed E-state index contributed by atoms with van der Waals surface area (Å²) < 4.78 is 0. The summed E-state index contributed by atoms with van der Waals surface area (Å²) in [5.74, 6) is 0.788. The number of nitrogens with zero attached hydrogens (tertiary/aromatic N) is 2. The van der Waals surface area contributed by atoms with Crippen LogP contribution in [0.4, 0.5) is 0 Å². The van der Waals surface area contributed by atoms with Gasteiger partial charge in [-0.05, 0) is 43.9 Å². The van der Waals surface area contributed by atoms with Gasteiger partial charge < -0.3 is 5.32 Å². The molecule has 0 amide bonds. The summed E-state index contributed by atoms with van der Waals surface area (Å²) in [7, 11) is 1.96. The van der Waals surface area contributed by atoms with Crippen LogP contribution in [0.1, 0.15) is 53.7 Å². The first-order chi connectivity index (χ1) is 9.78. The van der Waals surface area contributed by atoms with Crippen LogP contribution in [0.5, 0.6) is 0 Å². The third-order valence-corrected chi connectivity index (χ3v) is 4.23. The highest BCUT2D eigenvalue weighted by Crippen LogP contribution is 2.36. The molecule has 3 nitrogen and oxygen atoms in total. The van der Waals surface area contributed by atoms with E-state index in [2.05, 4.69) is 39.6 Å². The summed E-state index contributed by atoms with van der Waals surface area (Å²) in [5.41, 5.74) is 4.64. The van der Waals surface area contributed by atoms with E-state index in [1.807, 2.05) is 26.4 Å². The number of nitrogens with one attached hydrogen (secondary N) is 1. The molecule has 1 heterocycles. The van der Waals surface area contributed by atoms with E-state index in [0.29, 0.717) is 0 Å². The number of aryl methyl sites for hydroxylation is 1. The van der Waals surface area contributed by atoms with Gasteiger partial charge in [0.2, 0.25) is 0 Å². The zero-order valence-electron chi connectivity index (χ0n) is 12.1. The molecule has 0 spiro atoms. The largest absolute Gasteiger partial charge is 0.308 e. The maximum Gasteiger partial charge on any atom is 0.0801 e. The molecule has 2 aromatic rings. The van der Waals surface area contributed by atoms with Crippen LogP contribution < -0.4 is 5.32 Å².